The molecule has 7 rings (SSSR count). The highest BCUT2D eigenvalue weighted by Gasteiger charge is 2.40. The number of rotatable bonds is 11. The van der Waals surface area contributed by atoms with Crippen LogP contribution in [0.15, 0.2) is 36.4 Å². The van der Waals surface area contributed by atoms with Crippen molar-refractivity contribution in [2.75, 3.05) is 103 Å². The molecule has 0 spiro atoms. The molecule has 3 N–H and O–H groups in total. The largest absolute Gasteiger partial charge is 0.464 e. The van der Waals surface area contributed by atoms with E-state index >= 15 is 0 Å². The van der Waals surface area contributed by atoms with Crippen LogP contribution in [-0.2, 0) is 42.8 Å². The Labute approximate surface area is 365 Å². The monoisotopic (exact) mass is 890 g/mol. The number of hydrogen-bond donors (Lipinski definition) is 2. The Kier molecular flexibility index (Phi) is 15.0. The van der Waals surface area contributed by atoms with Crippen LogP contribution in [0.5, 0.6) is 0 Å². The number of alkyl halides is 3. The molecule has 340 valence electrons. The third-order valence-corrected chi connectivity index (χ3v) is 13.1. The predicted octanol–water partition coefficient (Wildman–Crippen LogP) is 4.76. The normalized spacial score (nSPS) is 21.4. The van der Waals surface area contributed by atoms with Crippen molar-refractivity contribution in [3.8, 4) is 0 Å². The average molecular weight is 891 g/mol. The number of carbonyl (C=O) groups excluding carboxylic acids is 4. The Balaban J connectivity index is 0.976. The molecule has 0 aromatic heterocycles. The lowest BCUT2D eigenvalue weighted by molar-refractivity contribution is -0.162. The minimum atomic E-state index is -4.80. The van der Waals surface area contributed by atoms with E-state index in [9.17, 15) is 32.3 Å². The second-order valence-corrected chi connectivity index (χ2v) is 17.1. The number of piperazine rings is 1. The van der Waals surface area contributed by atoms with E-state index < -0.39 is 41.7 Å². The first-order valence-electron chi connectivity index (χ1n) is 21.8. The summed E-state index contributed by atoms with van der Waals surface area (Å²) in [5.41, 5.74) is 5.83. The maximum atomic E-state index is 14.3. The van der Waals surface area contributed by atoms with Crippen LogP contribution in [0.25, 0.3) is 0 Å². The van der Waals surface area contributed by atoms with Gasteiger partial charge in [0.1, 0.15) is 0 Å². The molecule has 2 aromatic rings. The van der Waals surface area contributed by atoms with Gasteiger partial charge in [0.2, 0.25) is 0 Å². The van der Waals surface area contributed by atoms with Gasteiger partial charge in [0, 0.05) is 96.2 Å². The average Bonchev–Trinajstić information content (AvgIpc) is 3.44. The third-order valence-electron chi connectivity index (χ3n) is 12.8. The lowest BCUT2D eigenvalue weighted by Gasteiger charge is -2.46. The van der Waals surface area contributed by atoms with Crippen LogP contribution in [0.4, 0.5) is 34.1 Å². The van der Waals surface area contributed by atoms with Gasteiger partial charge in [-0.3, -0.25) is 19.5 Å². The van der Waals surface area contributed by atoms with Crippen LogP contribution in [0.1, 0.15) is 55.7 Å². The van der Waals surface area contributed by atoms with Crippen LogP contribution in [0, 0.1) is 0 Å². The van der Waals surface area contributed by atoms with Crippen LogP contribution in [0.2, 0.25) is 5.02 Å². The molecule has 19 heteroatoms. The van der Waals surface area contributed by atoms with Gasteiger partial charge in [0.05, 0.1) is 36.1 Å². The molecule has 15 nitrogen and oxygen atoms in total. The number of esters is 1. The van der Waals surface area contributed by atoms with Crippen molar-refractivity contribution in [3.05, 3.63) is 58.1 Å². The number of morpholine rings is 1. The zero-order valence-corrected chi connectivity index (χ0v) is 36.0. The first kappa shape index (κ1) is 45.7. The number of nitrogens with one attached hydrogen (secondary N) is 1. The van der Waals surface area contributed by atoms with Crippen LogP contribution in [0.3, 0.4) is 0 Å². The number of ether oxygens (including phenoxy) is 3. The quantitative estimate of drug-likeness (QED) is 0.237. The molecule has 4 fully saturated rings. The Morgan fingerprint density at radius 1 is 0.887 bits per heavy atom. The molecular weight excluding hydrogens is 833 g/mol. The highest BCUT2D eigenvalue weighted by molar-refractivity contribution is 6.33. The molecule has 2 unspecified atom stereocenters. The van der Waals surface area contributed by atoms with Gasteiger partial charge in [-0.1, -0.05) is 36.7 Å². The van der Waals surface area contributed by atoms with Crippen LogP contribution >= 0.6 is 11.6 Å². The van der Waals surface area contributed by atoms with Crippen molar-refractivity contribution in [2.24, 2.45) is 0 Å². The van der Waals surface area contributed by atoms with Crippen LogP contribution < -0.4 is 11.1 Å². The summed E-state index contributed by atoms with van der Waals surface area (Å²) in [5.74, 6) is -0.743. The summed E-state index contributed by atoms with van der Waals surface area (Å²) >= 11 is 6.17. The van der Waals surface area contributed by atoms with Crippen molar-refractivity contribution < 1.29 is 46.6 Å². The molecule has 4 saturated heterocycles. The van der Waals surface area contributed by atoms with E-state index in [0.29, 0.717) is 98.0 Å². The van der Waals surface area contributed by atoms with Gasteiger partial charge in [0.15, 0.2) is 12.3 Å². The van der Waals surface area contributed by atoms with Gasteiger partial charge in [-0.05, 0) is 67.9 Å². The Morgan fingerprint density at radius 2 is 1.55 bits per heavy atom. The second-order valence-electron chi connectivity index (χ2n) is 16.7. The fraction of sp³-hybridized carbons (Fsp3) is 0.628. The van der Waals surface area contributed by atoms with Gasteiger partial charge >= 0.3 is 24.3 Å². The second kappa shape index (κ2) is 20.4. The molecule has 2 atom stereocenters. The van der Waals surface area contributed by atoms with E-state index in [-0.39, 0.29) is 54.2 Å². The number of nitrogens with zero attached hydrogens (tertiary/aromatic N) is 6. The summed E-state index contributed by atoms with van der Waals surface area (Å²) in [6.07, 6.45) is -3.76. The van der Waals surface area contributed by atoms with Gasteiger partial charge in [-0.2, -0.15) is 13.2 Å². The molecule has 0 saturated carbocycles. The summed E-state index contributed by atoms with van der Waals surface area (Å²) in [6.45, 7) is 8.99. The molecule has 4 amide bonds. The number of likely N-dealkylation sites (tertiary alicyclic amines) is 2. The lowest BCUT2D eigenvalue weighted by Crippen LogP contribution is -2.61. The molecule has 0 aliphatic carbocycles. The molecule has 0 radical (unpaired) electrons. The highest BCUT2D eigenvalue weighted by Crippen LogP contribution is 2.38. The standard InChI is InChI=1S/C43H58ClF3N8O7/c1-2-23-61-40(57)38(52-21-24-60-25-22-52)51-12-8-31(9-13-51)50-17-19-53(20-18-50)39(56)36(28-29-26-33(43(45,46)47)37(48)34(44)27-29)62-42(59)54-14-10-32(11-15-54)55-16-7-30-5-3-4-6-35(30)49-41(55)58/h3-6,26-27,31-32,36,38H,2,7-25,28,48H2,1H3,(H,49,58). The molecule has 2 aromatic carbocycles. The van der Waals surface area contributed by atoms with Crippen molar-refractivity contribution in [1.82, 2.24) is 29.4 Å². The number of amides is 4. The molecule has 5 aliphatic rings. The third kappa shape index (κ3) is 10.9. The molecule has 5 heterocycles. The fourth-order valence-electron chi connectivity index (χ4n) is 9.35. The smallest absolute Gasteiger partial charge is 0.418 e. The Bertz CT molecular complexity index is 1900. The first-order chi connectivity index (χ1) is 29.8. The zero-order valence-electron chi connectivity index (χ0n) is 35.3. The number of benzene rings is 2. The Hall–Kier alpha value is -4.36. The van der Waals surface area contributed by atoms with E-state index in [1.54, 1.807) is 9.80 Å². The molecule has 62 heavy (non-hydrogen) atoms. The number of fused-ring (bicyclic) bond motifs is 1. The van der Waals surface area contributed by atoms with E-state index in [1.807, 2.05) is 31.2 Å². The maximum Gasteiger partial charge on any atom is 0.418 e. The number of nitrogens with two attached hydrogens (primary N) is 1. The van der Waals surface area contributed by atoms with Gasteiger partial charge in [-0.25, -0.2) is 14.4 Å². The number of para-hydroxylation sites is 1. The number of hydrogen-bond acceptors (Lipinski definition) is 11. The molecular formula is C43H58ClF3N8O7. The topological polar surface area (TPSA) is 153 Å². The lowest BCUT2D eigenvalue weighted by atomic mass is 10.0. The summed E-state index contributed by atoms with van der Waals surface area (Å²) < 4.78 is 59.0. The minimum Gasteiger partial charge on any atom is -0.464 e. The summed E-state index contributed by atoms with van der Waals surface area (Å²) in [5, 5.41) is 2.68. The predicted molar refractivity (Wildman–Crippen MR) is 225 cm³/mol. The molecule has 0 bridgehead atoms. The highest BCUT2D eigenvalue weighted by atomic mass is 35.5. The zero-order chi connectivity index (χ0) is 44.0. The number of nitrogen functional groups attached to an aromatic ring is 1. The number of urea groups is 1. The number of halogens is 4. The van der Waals surface area contributed by atoms with Crippen molar-refractivity contribution in [2.45, 2.75) is 82.4 Å². The minimum absolute atomic E-state index is 0.0499. The van der Waals surface area contributed by atoms with Crippen molar-refractivity contribution >= 4 is 47.0 Å². The van der Waals surface area contributed by atoms with Crippen molar-refractivity contribution in [1.29, 1.82) is 0 Å². The summed E-state index contributed by atoms with van der Waals surface area (Å²) in [7, 11) is 0. The summed E-state index contributed by atoms with van der Waals surface area (Å²) in [4.78, 5) is 66.0. The fourth-order valence-corrected chi connectivity index (χ4v) is 9.59. The van der Waals surface area contributed by atoms with E-state index in [1.165, 1.54) is 11.0 Å². The van der Waals surface area contributed by atoms with Crippen molar-refractivity contribution in [3.63, 3.8) is 0 Å². The molecule has 5 aliphatic heterocycles. The van der Waals surface area contributed by atoms with Crippen LogP contribution in [-0.4, -0.2) is 170 Å². The van der Waals surface area contributed by atoms with E-state index in [0.717, 1.165) is 36.6 Å². The number of anilines is 2. The Morgan fingerprint density at radius 3 is 2.23 bits per heavy atom. The van der Waals surface area contributed by atoms with Gasteiger partial charge in [0.25, 0.3) is 5.91 Å². The van der Waals surface area contributed by atoms with Gasteiger partial charge < -0.3 is 40.0 Å². The number of piperidine rings is 2. The van der Waals surface area contributed by atoms with E-state index in [2.05, 4.69) is 20.0 Å². The summed E-state index contributed by atoms with van der Waals surface area (Å²) in [6, 6.07) is 9.69. The SMILES string of the molecule is CCCOC(=O)C(N1CCOCC1)N1CCC(N2CCN(C(=O)C(Cc3cc(Cl)c(N)c(C(F)(F)F)c3)OC(=O)N3CCC(N4CCc5ccccc5NC4=O)CC3)CC2)CC1. The number of carbonyl (C=O) groups is 4. The maximum absolute atomic E-state index is 14.3. The van der Waals surface area contributed by atoms with E-state index in [4.69, 9.17) is 31.5 Å². The van der Waals surface area contributed by atoms with Gasteiger partial charge in [-0.15, -0.1) is 0 Å². The first-order valence-corrected chi connectivity index (χ1v) is 22.2.